The quantitative estimate of drug-likeness (QED) is 0.452. The van der Waals surface area contributed by atoms with E-state index in [1.807, 2.05) is 0 Å². The molecule has 0 saturated carbocycles. The van der Waals surface area contributed by atoms with Gasteiger partial charge < -0.3 is 4.74 Å². The first-order valence-corrected chi connectivity index (χ1v) is 5.98. The molecule has 0 aromatic carbocycles. The van der Waals surface area contributed by atoms with Gasteiger partial charge in [-0.25, -0.2) is 0 Å². The summed E-state index contributed by atoms with van der Waals surface area (Å²) in [4.78, 5) is 11.5. The molecule has 1 fully saturated rings. The summed E-state index contributed by atoms with van der Waals surface area (Å²) in [6.45, 7) is 4.14. The van der Waals surface area contributed by atoms with Gasteiger partial charge in [-0.05, 0) is 12.8 Å². The molecule has 70 valence electrons. The number of esters is 1. The van der Waals surface area contributed by atoms with Gasteiger partial charge in [0.05, 0.1) is 5.41 Å². The van der Waals surface area contributed by atoms with Crippen LogP contribution < -0.4 is 0 Å². The first-order chi connectivity index (χ1) is 5.68. The third-order valence-electron chi connectivity index (χ3n) is 2.85. The molecule has 0 radical (unpaired) electrons. The van der Waals surface area contributed by atoms with Gasteiger partial charge in [-0.1, -0.05) is 36.4 Å². The lowest BCUT2D eigenvalue weighted by molar-refractivity contribution is -0.148. The number of ether oxygens (including phenoxy) is 1. The van der Waals surface area contributed by atoms with Crippen LogP contribution in [0.5, 0.6) is 0 Å². The molecule has 0 amide bonds. The SMILES string of the molecule is CCC1(CC)C[C@H](CI)OC1=O. The lowest BCUT2D eigenvalue weighted by atomic mass is 9.80. The molecule has 0 aromatic heterocycles. The summed E-state index contributed by atoms with van der Waals surface area (Å²) < 4.78 is 6.18. The summed E-state index contributed by atoms with van der Waals surface area (Å²) in [5, 5.41) is 0. The zero-order chi connectivity index (χ0) is 9.19. The van der Waals surface area contributed by atoms with Crippen molar-refractivity contribution in [2.75, 3.05) is 4.43 Å². The normalized spacial score (nSPS) is 27.2. The van der Waals surface area contributed by atoms with Crippen molar-refractivity contribution in [1.29, 1.82) is 0 Å². The highest BCUT2D eigenvalue weighted by Crippen LogP contribution is 2.40. The molecule has 1 heterocycles. The monoisotopic (exact) mass is 282 g/mol. The van der Waals surface area contributed by atoms with Crippen LogP contribution in [-0.4, -0.2) is 16.5 Å². The average Bonchev–Trinajstić information content (AvgIpc) is 2.43. The number of rotatable bonds is 3. The molecule has 1 aliphatic rings. The fourth-order valence-corrected chi connectivity index (χ4v) is 2.24. The Balaban J connectivity index is 2.72. The van der Waals surface area contributed by atoms with Gasteiger partial charge in [-0.2, -0.15) is 0 Å². The van der Waals surface area contributed by atoms with Crippen LogP contribution in [0.15, 0.2) is 0 Å². The molecule has 1 atom stereocenters. The van der Waals surface area contributed by atoms with Gasteiger partial charge in [0, 0.05) is 10.8 Å². The Bertz CT molecular complexity index is 175. The Kier molecular flexibility index (Phi) is 3.37. The maximum Gasteiger partial charge on any atom is 0.312 e. The Hall–Kier alpha value is 0.200. The van der Waals surface area contributed by atoms with Crippen molar-refractivity contribution in [3.8, 4) is 0 Å². The van der Waals surface area contributed by atoms with E-state index in [2.05, 4.69) is 36.4 Å². The van der Waals surface area contributed by atoms with Crippen molar-refractivity contribution in [2.45, 2.75) is 39.2 Å². The van der Waals surface area contributed by atoms with Crippen LogP contribution >= 0.6 is 22.6 Å². The second kappa shape index (κ2) is 3.94. The van der Waals surface area contributed by atoms with Gasteiger partial charge in [0.1, 0.15) is 6.10 Å². The van der Waals surface area contributed by atoms with E-state index >= 15 is 0 Å². The first kappa shape index (κ1) is 10.3. The van der Waals surface area contributed by atoms with Gasteiger partial charge in [0.15, 0.2) is 0 Å². The lowest BCUT2D eigenvalue weighted by Crippen LogP contribution is -2.24. The molecule has 0 N–H and O–H groups in total. The van der Waals surface area contributed by atoms with Crippen molar-refractivity contribution in [1.82, 2.24) is 0 Å². The lowest BCUT2D eigenvalue weighted by Gasteiger charge is -2.19. The van der Waals surface area contributed by atoms with E-state index in [9.17, 15) is 4.79 Å². The Morgan fingerprint density at radius 3 is 2.42 bits per heavy atom. The molecule has 2 nitrogen and oxygen atoms in total. The van der Waals surface area contributed by atoms with E-state index in [4.69, 9.17) is 4.74 Å². The van der Waals surface area contributed by atoms with Crippen LogP contribution in [0.4, 0.5) is 0 Å². The van der Waals surface area contributed by atoms with Crippen molar-refractivity contribution in [3.63, 3.8) is 0 Å². The number of carbonyl (C=O) groups is 1. The van der Waals surface area contributed by atoms with Crippen LogP contribution in [-0.2, 0) is 9.53 Å². The molecule has 3 heteroatoms. The highest BCUT2D eigenvalue weighted by atomic mass is 127. The molecule has 0 aliphatic carbocycles. The predicted octanol–water partition coefficient (Wildman–Crippen LogP) is 2.54. The molecular weight excluding hydrogens is 267 g/mol. The Morgan fingerprint density at radius 1 is 1.58 bits per heavy atom. The van der Waals surface area contributed by atoms with Crippen molar-refractivity contribution >= 4 is 28.6 Å². The fourth-order valence-electron chi connectivity index (χ4n) is 1.75. The number of carbonyl (C=O) groups excluding carboxylic acids is 1. The van der Waals surface area contributed by atoms with Gasteiger partial charge in [-0.15, -0.1) is 0 Å². The van der Waals surface area contributed by atoms with E-state index in [1.165, 1.54) is 0 Å². The molecule has 1 saturated heterocycles. The number of halogens is 1. The van der Waals surface area contributed by atoms with E-state index in [-0.39, 0.29) is 17.5 Å². The van der Waals surface area contributed by atoms with Crippen LogP contribution in [0.3, 0.4) is 0 Å². The first-order valence-electron chi connectivity index (χ1n) is 4.45. The summed E-state index contributed by atoms with van der Waals surface area (Å²) in [6.07, 6.45) is 2.91. The number of cyclic esters (lactones) is 1. The van der Waals surface area contributed by atoms with Crippen LogP contribution in [0, 0.1) is 5.41 Å². The van der Waals surface area contributed by atoms with E-state index in [0.29, 0.717) is 0 Å². The summed E-state index contributed by atoms with van der Waals surface area (Å²) in [5.74, 6) is 0.0224. The van der Waals surface area contributed by atoms with Gasteiger partial charge in [0.25, 0.3) is 0 Å². The third-order valence-corrected chi connectivity index (χ3v) is 3.83. The maximum absolute atomic E-state index is 11.5. The largest absolute Gasteiger partial charge is 0.461 e. The second-order valence-corrected chi connectivity index (χ2v) is 4.25. The zero-order valence-corrected chi connectivity index (χ0v) is 9.76. The molecule has 0 unspecified atom stereocenters. The summed E-state index contributed by atoms with van der Waals surface area (Å²) in [6, 6.07) is 0. The number of hydrogen-bond donors (Lipinski definition) is 0. The molecule has 0 aromatic rings. The van der Waals surface area contributed by atoms with Crippen LogP contribution in [0.25, 0.3) is 0 Å². The summed E-state index contributed by atoms with van der Waals surface area (Å²) >= 11 is 2.27. The van der Waals surface area contributed by atoms with Gasteiger partial charge in [-0.3, -0.25) is 4.79 Å². The third kappa shape index (κ3) is 1.60. The molecular formula is C9H15IO2. The minimum absolute atomic E-state index is 0.0224. The van der Waals surface area contributed by atoms with E-state index in [1.54, 1.807) is 0 Å². The zero-order valence-electron chi connectivity index (χ0n) is 7.60. The van der Waals surface area contributed by atoms with Crippen LogP contribution in [0.2, 0.25) is 0 Å². The Labute approximate surface area is 87.2 Å². The Morgan fingerprint density at radius 2 is 2.17 bits per heavy atom. The molecule has 1 aliphatic heterocycles. The minimum atomic E-state index is -0.157. The van der Waals surface area contributed by atoms with Crippen LogP contribution in [0.1, 0.15) is 33.1 Å². The average molecular weight is 282 g/mol. The smallest absolute Gasteiger partial charge is 0.312 e. The fraction of sp³-hybridized carbons (Fsp3) is 0.889. The van der Waals surface area contributed by atoms with E-state index in [0.717, 1.165) is 23.7 Å². The standard InChI is InChI=1S/C9H15IO2/c1-3-9(4-2)5-7(6-10)12-8(9)11/h7H,3-6H2,1-2H3/t7-/m1/s1. The summed E-state index contributed by atoms with van der Waals surface area (Å²) in [5.41, 5.74) is -0.157. The molecule has 0 spiro atoms. The molecule has 1 rings (SSSR count). The van der Waals surface area contributed by atoms with Gasteiger partial charge >= 0.3 is 5.97 Å². The number of hydrogen-bond acceptors (Lipinski definition) is 2. The van der Waals surface area contributed by atoms with Crippen molar-refractivity contribution < 1.29 is 9.53 Å². The maximum atomic E-state index is 11.5. The van der Waals surface area contributed by atoms with Crippen molar-refractivity contribution in [3.05, 3.63) is 0 Å². The van der Waals surface area contributed by atoms with Crippen molar-refractivity contribution in [2.24, 2.45) is 5.41 Å². The molecule has 0 bridgehead atoms. The predicted molar refractivity (Wildman–Crippen MR) is 56.4 cm³/mol. The molecule has 12 heavy (non-hydrogen) atoms. The van der Waals surface area contributed by atoms with E-state index < -0.39 is 0 Å². The highest BCUT2D eigenvalue weighted by molar-refractivity contribution is 14.1. The second-order valence-electron chi connectivity index (χ2n) is 3.37. The highest BCUT2D eigenvalue weighted by Gasteiger charge is 2.45. The minimum Gasteiger partial charge on any atom is -0.461 e. The van der Waals surface area contributed by atoms with Gasteiger partial charge in [0.2, 0.25) is 0 Å². The summed E-state index contributed by atoms with van der Waals surface area (Å²) in [7, 11) is 0. The topological polar surface area (TPSA) is 26.3 Å². The number of alkyl halides is 1.